The Labute approximate surface area is 73.2 Å². The number of fused-ring (bicyclic) bond motifs is 1. The van der Waals surface area contributed by atoms with E-state index >= 15 is 0 Å². The molecule has 2 heterocycles. The van der Waals surface area contributed by atoms with Gasteiger partial charge in [-0.05, 0) is 0 Å². The van der Waals surface area contributed by atoms with E-state index in [0.717, 1.165) is 8.47 Å². The summed E-state index contributed by atoms with van der Waals surface area (Å²) < 4.78 is 2.10. The predicted octanol–water partition coefficient (Wildman–Crippen LogP) is 1.71. The summed E-state index contributed by atoms with van der Waals surface area (Å²) in [6, 6.07) is 0. The molecule has 2 rings (SSSR count). The SMILES string of the molecule is SC1=C(S)SC2NC2S1. The lowest BCUT2D eigenvalue weighted by Crippen LogP contribution is -1.88. The van der Waals surface area contributed by atoms with Crippen molar-refractivity contribution in [2.75, 3.05) is 0 Å². The highest BCUT2D eigenvalue weighted by Crippen LogP contribution is 2.50. The summed E-state index contributed by atoms with van der Waals surface area (Å²) in [4.78, 5) is 0. The molecule has 0 radical (unpaired) electrons. The van der Waals surface area contributed by atoms with Gasteiger partial charge < -0.3 is 0 Å². The second kappa shape index (κ2) is 2.30. The lowest BCUT2D eigenvalue weighted by Gasteiger charge is -2.07. The van der Waals surface area contributed by atoms with Crippen molar-refractivity contribution in [1.29, 1.82) is 0 Å². The van der Waals surface area contributed by atoms with Crippen LogP contribution in [-0.4, -0.2) is 10.7 Å². The topological polar surface area (TPSA) is 21.9 Å². The molecular weight excluding hydrogens is 190 g/mol. The number of nitrogens with one attached hydrogen (secondary N) is 1. The molecule has 50 valence electrons. The normalized spacial score (nSPS) is 40.7. The molecule has 1 nitrogen and oxygen atoms in total. The van der Waals surface area contributed by atoms with Gasteiger partial charge in [0.05, 0.1) is 19.2 Å². The minimum Gasteiger partial charge on any atom is -0.289 e. The van der Waals surface area contributed by atoms with E-state index in [2.05, 4.69) is 30.6 Å². The lowest BCUT2D eigenvalue weighted by molar-refractivity contribution is 1.29. The molecule has 1 saturated heterocycles. The van der Waals surface area contributed by atoms with Gasteiger partial charge in [0.1, 0.15) is 0 Å². The quantitative estimate of drug-likeness (QED) is 0.405. The van der Waals surface area contributed by atoms with Gasteiger partial charge in [-0.25, -0.2) is 0 Å². The van der Waals surface area contributed by atoms with Crippen LogP contribution in [0.3, 0.4) is 0 Å². The van der Waals surface area contributed by atoms with E-state index < -0.39 is 0 Å². The van der Waals surface area contributed by atoms with Crippen LogP contribution in [0.25, 0.3) is 0 Å². The van der Waals surface area contributed by atoms with Crippen LogP contribution in [0.4, 0.5) is 0 Å². The zero-order valence-corrected chi connectivity index (χ0v) is 7.79. The van der Waals surface area contributed by atoms with Crippen LogP contribution in [-0.2, 0) is 0 Å². The van der Waals surface area contributed by atoms with Crippen LogP contribution in [0.15, 0.2) is 8.47 Å². The molecule has 0 bridgehead atoms. The Kier molecular flexibility index (Phi) is 1.74. The molecule has 2 unspecified atom stereocenters. The van der Waals surface area contributed by atoms with Crippen molar-refractivity contribution >= 4 is 48.8 Å². The standard InChI is InChI=1S/C4H5NS4/c6-3-4(7)9-2-1(5-2)8-3/h1-2,5-7H. The molecule has 2 aliphatic heterocycles. The highest BCUT2D eigenvalue weighted by atomic mass is 32.2. The van der Waals surface area contributed by atoms with Crippen molar-refractivity contribution in [3.05, 3.63) is 8.47 Å². The third-order valence-corrected chi connectivity index (χ3v) is 5.19. The van der Waals surface area contributed by atoms with Crippen molar-refractivity contribution < 1.29 is 0 Å². The summed E-state index contributed by atoms with van der Waals surface area (Å²) in [5.74, 6) is 0. The van der Waals surface area contributed by atoms with Crippen molar-refractivity contribution in [3.8, 4) is 0 Å². The number of thiol groups is 2. The number of rotatable bonds is 0. The summed E-state index contributed by atoms with van der Waals surface area (Å²) in [7, 11) is 0. The van der Waals surface area contributed by atoms with Gasteiger partial charge in [-0.3, -0.25) is 5.32 Å². The van der Waals surface area contributed by atoms with Crippen LogP contribution >= 0.6 is 48.8 Å². The van der Waals surface area contributed by atoms with E-state index in [4.69, 9.17) is 0 Å². The van der Waals surface area contributed by atoms with Crippen molar-refractivity contribution in [2.45, 2.75) is 10.7 Å². The van der Waals surface area contributed by atoms with Gasteiger partial charge in [0.15, 0.2) is 0 Å². The van der Waals surface area contributed by atoms with E-state index in [1.165, 1.54) is 0 Å². The molecule has 0 aromatic rings. The van der Waals surface area contributed by atoms with E-state index in [1.807, 2.05) is 0 Å². The maximum absolute atomic E-state index is 4.25. The molecule has 0 spiro atoms. The molecule has 0 saturated carbocycles. The Morgan fingerprint density at radius 3 is 2.00 bits per heavy atom. The lowest BCUT2D eigenvalue weighted by atomic mass is 11.0. The zero-order chi connectivity index (χ0) is 6.43. The second-order valence-corrected chi connectivity index (χ2v) is 5.66. The first kappa shape index (κ1) is 6.79. The van der Waals surface area contributed by atoms with Crippen LogP contribution in [0.1, 0.15) is 0 Å². The van der Waals surface area contributed by atoms with Gasteiger partial charge in [-0.15, -0.1) is 25.3 Å². The molecular formula is C4H5NS4. The second-order valence-electron chi connectivity index (χ2n) is 1.85. The molecule has 9 heavy (non-hydrogen) atoms. The average molecular weight is 195 g/mol. The first-order chi connectivity index (χ1) is 4.27. The van der Waals surface area contributed by atoms with Crippen LogP contribution in [0.5, 0.6) is 0 Å². The molecule has 5 heteroatoms. The fourth-order valence-corrected chi connectivity index (χ4v) is 3.70. The Morgan fingerprint density at radius 1 is 1.11 bits per heavy atom. The van der Waals surface area contributed by atoms with E-state index in [9.17, 15) is 0 Å². The molecule has 2 atom stereocenters. The van der Waals surface area contributed by atoms with Gasteiger partial charge in [0, 0.05) is 0 Å². The fourth-order valence-electron chi connectivity index (χ4n) is 0.639. The number of hydrogen-bond acceptors (Lipinski definition) is 5. The molecule has 0 aliphatic carbocycles. The first-order valence-electron chi connectivity index (χ1n) is 2.49. The van der Waals surface area contributed by atoms with Gasteiger partial charge in [-0.2, -0.15) is 0 Å². The monoisotopic (exact) mass is 195 g/mol. The molecule has 1 N–H and O–H groups in total. The molecule has 2 aliphatic rings. The minimum absolute atomic E-state index is 0.610. The van der Waals surface area contributed by atoms with Gasteiger partial charge in [0.25, 0.3) is 0 Å². The largest absolute Gasteiger partial charge is 0.289 e. The Bertz CT molecular complexity index is 159. The minimum atomic E-state index is 0.610. The van der Waals surface area contributed by atoms with Crippen molar-refractivity contribution in [2.24, 2.45) is 0 Å². The van der Waals surface area contributed by atoms with Gasteiger partial charge in [0.2, 0.25) is 0 Å². The Morgan fingerprint density at radius 2 is 1.56 bits per heavy atom. The summed E-state index contributed by atoms with van der Waals surface area (Å²) in [6.45, 7) is 0. The van der Waals surface area contributed by atoms with Crippen molar-refractivity contribution in [3.63, 3.8) is 0 Å². The molecule has 0 amide bonds. The van der Waals surface area contributed by atoms with Gasteiger partial charge >= 0.3 is 0 Å². The first-order valence-corrected chi connectivity index (χ1v) is 5.14. The highest BCUT2D eigenvalue weighted by Gasteiger charge is 2.41. The van der Waals surface area contributed by atoms with Gasteiger partial charge in [-0.1, -0.05) is 23.5 Å². The third-order valence-electron chi connectivity index (χ3n) is 1.15. The molecule has 1 fully saturated rings. The van der Waals surface area contributed by atoms with Crippen LogP contribution < -0.4 is 5.32 Å². The number of thioether (sulfide) groups is 2. The third kappa shape index (κ3) is 1.26. The maximum Gasteiger partial charge on any atom is 0.0848 e. The van der Waals surface area contributed by atoms with E-state index in [1.54, 1.807) is 23.5 Å². The summed E-state index contributed by atoms with van der Waals surface area (Å²) in [6.07, 6.45) is 0. The highest BCUT2D eigenvalue weighted by molar-refractivity contribution is 8.24. The summed E-state index contributed by atoms with van der Waals surface area (Å²) in [5, 5.41) is 4.50. The summed E-state index contributed by atoms with van der Waals surface area (Å²) in [5.41, 5.74) is 0. The van der Waals surface area contributed by atoms with Crippen molar-refractivity contribution in [1.82, 2.24) is 5.32 Å². The Balaban J connectivity index is 2.17. The van der Waals surface area contributed by atoms with E-state index in [0.29, 0.717) is 10.7 Å². The Hall–Kier alpha value is 1.10. The average Bonchev–Trinajstić information content (AvgIpc) is 2.46. The smallest absolute Gasteiger partial charge is 0.0848 e. The molecule has 0 aromatic heterocycles. The number of hydrogen-bond donors (Lipinski definition) is 3. The zero-order valence-electron chi connectivity index (χ0n) is 4.37. The van der Waals surface area contributed by atoms with E-state index in [-0.39, 0.29) is 0 Å². The predicted molar refractivity (Wildman–Crippen MR) is 50.9 cm³/mol. The summed E-state index contributed by atoms with van der Waals surface area (Å²) >= 11 is 12.0. The van der Waals surface area contributed by atoms with Crippen LogP contribution in [0.2, 0.25) is 0 Å². The molecule has 0 aromatic carbocycles. The maximum atomic E-state index is 4.25. The van der Waals surface area contributed by atoms with Crippen LogP contribution in [0, 0.1) is 0 Å². The fraction of sp³-hybridized carbons (Fsp3) is 0.500.